The Bertz CT molecular complexity index is 535. The molecule has 0 N–H and O–H groups in total. The van der Waals surface area contributed by atoms with Crippen LogP contribution in [-0.2, 0) is 9.53 Å². The molecule has 0 aliphatic carbocycles. The Morgan fingerprint density at radius 1 is 1.18 bits per heavy atom. The van der Waals surface area contributed by atoms with Crippen molar-refractivity contribution in [1.82, 2.24) is 4.90 Å². The first-order valence-corrected chi connectivity index (χ1v) is 8.40. The van der Waals surface area contributed by atoms with E-state index in [1.54, 1.807) is 0 Å². The molecule has 0 aromatic heterocycles. The Hall–Kier alpha value is -1.26. The van der Waals surface area contributed by atoms with Gasteiger partial charge in [-0.3, -0.25) is 4.79 Å². The number of piperazine rings is 1. The smallest absolute Gasteiger partial charge is 0.225 e. The molecule has 0 atom stereocenters. The molecule has 5 heteroatoms. The van der Waals surface area contributed by atoms with Gasteiger partial charge < -0.3 is 14.5 Å². The van der Waals surface area contributed by atoms with E-state index < -0.39 is 0 Å². The number of benzene rings is 1. The molecule has 1 amide bonds. The molecule has 3 rings (SSSR count). The molecule has 4 nitrogen and oxygen atoms in total. The van der Waals surface area contributed by atoms with Crippen LogP contribution in [0.1, 0.15) is 18.4 Å². The molecule has 2 fully saturated rings. The van der Waals surface area contributed by atoms with Crippen molar-refractivity contribution in [2.24, 2.45) is 5.92 Å². The van der Waals surface area contributed by atoms with Crippen molar-refractivity contribution in [3.8, 4) is 0 Å². The van der Waals surface area contributed by atoms with Gasteiger partial charge in [0.15, 0.2) is 0 Å². The zero-order valence-corrected chi connectivity index (χ0v) is 13.8. The molecular formula is C17H23ClN2O2. The SMILES string of the molecule is Cc1ccc(Cl)cc1N1CCN(C(=O)C2CCOCC2)CC1. The summed E-state index contributed by atoms with van der Waals surface area (Å²) in [6.07, 6.45) is 1.74. The average molecular weight is 323 g/mol. The van der Waals surface area contributed by atoms with Crippen molar-refractivity contribution in [2.45, 2.75) is 19.8 Å². The van der Waals surface area contributed by atoms with Crippen LogP contribution in [0.3, 0.4) is 0 Å². The topological polar surface area (TPSA) is 32.8 Å². The molecular weight excluding hydrogens is 300 g/mol. The Labute approximate surface area is 137 Å². The van der Waals surface area contributed by atoms with E-state index in [2.05, 4.69) is 17.9 Å². The van der Waals surface area contributed by atoms with E-state index >= 15 is 0 Å². The Kier molecular flexibility index (Phi) is 4.89. The van der Waals surface area contributed by atoms with Crippen LogP contribution in [0.4, 0.5) is 5.69 Å². The number of carbonyl (C=O) groups is 1. The average Bonchev–Trinajstić information content (AvgIpc) is 2.57. The summed E-state index contributed by atoms with van der Waals surface area (Å²) >= 11 is 6.11. The minimum Gasteiger partial charge on any atom is -0.381 e. The summed E-state index contributed by atoms with van der Waals surface area (Å²) in [4.78, 5) is 16.9. The van der Waals surface area contributed by atoms with Gasteiger partial charge in [-0.2, -0.15) is 0 Å². The van der Waals surface area contributed by atoms with E-state index in [-0.39, 0.29) is 5.92 Å². The summed E-state index contributed by atoms with van der Waals surface area (Å²) in [7, 11) is 0. The third-order valence-corrected chi connectivity index (χ3v) is 4.91. The molecule has 22 heavy (non-hydrogen) atoms. The van der Waals surface area contributed by atoms with Crippen molar-refractivity contribution >= 4 is 23.2 Å². The first kappa shape index (κ1) is 15.6. The van der Waals surface area contributed by atoms with Gasteiger partial charge in [-0.1, -0.05) is 17.7 Å². The van der Waals surface area contributed by atoms with Crippen LogP contribution >= 0.6 is 11.6 Å². The van der Waals surface area contributed by atoms with Crippen LogP contribution in [0, 0.1) is 12.8 Å². The Balaban J connectivity index is 1.60. The van der Waals surface area contributed by atoms with E-state index in [0.29, 0.717) is 5.91 Å². The van der Waals surface area contributed by atoms with Gasteiger partial charge in [-0.25, -0.2) is 0 Å². The molecule has 2 aliphatic heterocycles. The maximum Gasteiger partial charge on any atom is 0.225 e. The number of carbonyl (C=O) groups excluding carboxylic acids is 1. The number of nitrogens with zero attached hydrogens (tertiary/aromatic N) is 2. The zero-order chi connectivity index (χ0) is 15.5. The Morgan fingerprint density at radius 3 is 2.55 bits per heavy atom. The molecule has 2 saturated heterocycles. The fourth-order valence-electron chi connectivity index (χ4n) is 3.29. The summed E-state index contributed by atoms with van der Waals surface area (Å²) < 4.78 is 5.34. The fourth-order valence-corrected chi connectivity index (χ4v) is 3.46. The highest BCUT2D eigenvalue weighted by molar-refractivity contribution is 6.30. The van der Waals surface area contributed by atoms with Crippen LogP contribution < -0.4 is 4.90 Å². The van der Waals surface area contributed by atoms with E-state index in [4.69, 9.17) is 16.3 Å². The van der Waals surface area contributed by atoms with Crippen molar-refractivity contribution in [1.29, 1.82) is 0 Å². The number of aryl methyl sites for hydroxylation is 1. The molecule has 0 saturated carbocycles. The van der Waals surface area contributed by atoms with E-state index in [1.807, 2.05) is 17.0 Å². The molecule has 0 bridgehead atoms. The third kappa shape index (κ3) is 3.39. The number of halogens is 1. The van der Waals surface area contributed by atoms with E-state index in [1.165, 1.54) is 11.3 Å². The highest BCUT2D eigenvalue weighted by atomic mass is 35.5. The lowest BCUT2D eigenvalue weighted by Gasteiger charge is -2.38. The number of hydrogen-bond donors (Lipinski definition) is 0. The van der Waals surface area contributed by atoms with Crippen LogP contribution in [0.5, 0.6) is 0 Å². The van der Waals surface area contributed by atoms with Crippen molar-refractivity contribution in [3.05, 3.63) is 28.8 Å². The summed E-state index contributed by atoms with van der Waals surface area (Å²) in [6, 6.07) is 6.00. The van der Waals surface area contributed by atoms with Crippen LogP contribution in [0.25, 0.3) is 0 Å². The quantitative estimate of drug-likeness (QED) is 0.839. The van der Waals surface area contributed by atoms with Gasteiger partial charge in [0.25, 0.3) is 0 Å². The molecule has 0 radical (unpaired) electrons. The second-order valence-corrected chi connectivity index (χ2v) is 6.57. The van der Waals surface area contributed by atoms with Crippen LogP contribution in [-0.4, -0.2) is 50.2 Å². The van der Waals surface area contributed by atoms with Crippen molar-refractivity contribution in [3.63, 3.8) is 0 Å². The lowest BCUT2D eigenvalue weighted by atomic mass is 9.98. The third-order valence-electron chi connectivity index (χ3n) is 4.67. The second-order valence-electron chi connectivity index (χ2n) is 6.13. The summed E-state index contributed by atoms with van der Waals surface area (Å²) in [5.41, 5.74) is 2.42. The lowest BCUT2D eigenvalue weighted by molar-refractivity contribution is -0.138. The zero-order valence-electron chi connectivity index (χ0n) is 13.1. The molecule has 2 aliphatic rings. The first-order chi connectivity index (χ1) is 10.6. The summed E-state index contributed by atoms with van der Waals surface area (Å²) in [5, 5.41) is 0.765. The van der Waals surface area contributed by atoms with Gasteiger partial charge >= 0.3 is 0 Å². The van der Waals surface area contributed by atoms with Gasteiger partial charge in [0, 0.05) is 56.0 Å². The predicted molar refractivity (Wildman–Crippen MR) is 88.5 cm³/mol. The van der Waals surface area contributed by atoms with Crippen LogP contribution in [0.2, 0.25) is 5.02 Å². The summed E-state index contributed by atoms with van der Waals surface area (Å²) in [5.74, 6) is 0.471. The van der Waals surface area contributed by atoms with Gasteiger partial charge in [0.05, 0.1) is 0 Å². The van der Waals surface area contributed by atoms with Gasteiger partial charge in [-0.05, 0) is 37.5 Å². The predicted octanol–water partition coefficient (Wildman–Crippen LogP) is 2.72. The highest BCUT2D eigenvalue weighted by Gasteiger charge is 2.29. The number of rotatable bonds is 2. The largest absolute Gasteiger partial charge is 0.381 e. The monoisotopic (exact) mass is 322 g/mol. The molecule has 0 spiro atoms. The minimum absolute atomic E-state index is 0.160. The normalized spacial score (nSPS) is 20.3. The fraction of sp³-hybridized carbons (Fsp3) is 0.588. The van der Waals surface area contributed by atoms with Crippen molar-refractivity contribution in [2.75, 3.05) is 44.3 Å². The molecule has 2 heterocycles. The van der Waals surface area contributed by atoms with Gasteiger partial charge in [0.1, 0.15) is 0 Å². The molecule has 120 valence electrons. The van der Waals surface area contributed by atoms with Crippen LogP contribution in [0.15, 0.2) is 18.2 Å². The standard InChI is InChI=1S/C17H23ClN2O2/c1-13-2-3-15(18)12-16(13)19-6-8-20(9-7-19)17(21)14-4-10-22-11-5-14/h2-3,12,14H,4-11H2,1H3. The minimum atomic E-state index is 0.160. The number of hydrogen-bond acceptors (Lipinski definition) is 3. The van der Waals surface area contributed by atoms with E-state index in [0.717, 1.165) is 57.3 Å². The molecule has 1 aromatic rings. The number of anilines is 1. The molecule has 0 unspecified atom stereocenters. The lowest BCUT2D eigenvalue weighted by Crippen LogP contribution is -2.51. The highest BCUT2D eigenvalue weighted by Crippen LogP contribution is 2.26. The molecule has 1 aromatic carbocycles. The maximum absolute atomic E-state index is 12.5. The first-order valence-electron chi connectivity index (χ1n) is 8.03. The summed E-state index contributed by atoms with van der Waals surface area (Å²) in [6.45, 7) is 6.87. The van der Waals surface area contributed by atoms with Gasteiger partial charge in [0.2, 0.25) is 5.91 Å². The van der Waals surface area contributed by atoms with Gasteiger partial charge in [-0.15, -0.1) is 0 Å². The second kappa shape index (κ2) is 6.88. The van der Waals surface area contributed by atoms with E-state index in [9.17, 15) is 4.79 Å². The number of ether oxygens (including phenoxy) is 1. The number of amides is 1. The van der Waals surface area contributed by atoms with Crippen molar-refractivity contribution < 1.29 is 9.53 Å². The Morgan fingerprint density at radius 2 is 1.86 bits per heavy atom. The maximum atomic E-state index is 12.5.